The Labute approximate surface area is 131 Å². The molecule has 1 aromatic carbocycles. The van der Waals surface area contributed by atoms with Crippen LogP contribution in [0.15, 0.2) is 18.2 Å². The van der Waals surface area contributed by atoms with E-state index in [2.05, 4.69) is 10.6 Å². The minimum absolute atomic E-state index is 0.0233. The number of carbonyl (C=O) groups is 1. The van der Waals surface area contributed by atoms with Crippen LogP contribution in [0.4, 0.5) is 5.69 Å². The number of hydrogen-bond acceptors (Lipinski definition) is 3. The molecular formula is C16H23ClN2O2. The van der Waals surface area contributed by atoms with Crippen molar-refractivity contribution in [3.63, 3.8) is 0 Å². The van der Waals surface area contributed by atoms with Gasteiger partial charge in [0.05, 0.1) is 11.1 Å². The lowest BCUT2D eigenvalue weighted by molar-refractivity contribution is -0.119. The molecule has 1 amide bonds. The second-order valence-electron chi connectivity index (χ2n) is 5.62. The van der Waals surface area contributed by atoms with Crippen molar-refractivity contribution in [2.45, 2.75) is 38.7 Å². The number of rotatable bonds is 6. The molecule has 1 aliphatic carbocycles. The molecule has 2 rings (SSSR count). The lowest BCUT2D eigenvalue weighted by atomic mass is 10.1. The molecular weight excluding hydrogens is 288 g/mol. The summed E-state index contributed by atoms with van der Waals surface area (Å²) in [6, 6.07) is 5.41. The molecule has 21 heavy (non-hydrogen) atoms. The number of benzene rings is 1. The lowest BCUT2D eigenvalue weighted by Gasteiger charge is -2.16. The summed E-state index contributed by atoms with van der Waals surface area (Å²) in [5.74, 6) is 0.581. The predicted octanol–water partition coefficient (Wildman–Crippen LogP) is 3.46. The third kappa shape index (κ3) is 4.61. The molecule has 0 radical (unpaired) electrons. The molecule has 1 aliphatic rings. The van der Waals surface area contributed by atoms with E-state index in [-0.39, 0.29) is 17.9 Å². The summed E-state index contributed by atoms with van der Waals surface area (Å²) < 4.78 is 5.90. The molecule has 1 fully saturated rings. The maximum Gasteiger partial charge on any atom is 0.228 e. The monoisotopic (exact) mass is 310 g/mol. The van der Waals surface area contributed by atoms with Crippen LogP contribution in [-0.2, 0) is 4.79 Å². The normalized spacial score (nSPS) is 16.7. The number of nitrogens with one attached hydrogen (secondary N) is 2. The molecule has 5 heteroatoms. The largest absolute Gasteiger partial charge is 0.489 e. The van der Waals surface area contributed by atoms with E-state index in [0.29, 0.717) is 23.0 Å². The number of halogens is 1. The van der Waals surface area contributed by atoms with Gasteiger partial charge in [-0.2, -0.15) is 0 Å². The molecule has 1 atom stereocenters. The molecule has 116 valence electrons. The standard InChI is InChI=1S/C16H23ClN2O2/c1-11(10-18-2)16(20)19-12-7-8-15(14(17)9-12)21-13-5-3-4-6-13/h7-9,11,13,18H,3-6,10H2,1-2H3,(H,19,20). The molecule has 0 spiro atoms. The third-order valence-corrected chi connectivity index (χ3v) is 4.05. The Bertz CT molecular complexity index is 487. The van der Waals surface area contributed by atoms with E-state index in [9.17, 15) is 4.79 Å². The van der Waals surface area contributed by atoms with Crippen molar-refractivity contribution in [3.05, 3.63) is 23.2 Å². The fourth-order valence-corrected chi connectivity index (χ4v) is 2.75. The maximum absolute atomic E-state index is 12.0. The van der Waals surface area contributed by atoms with Gasteiger partial charge in [-0.05, 0) is 50.9 Å². The fraction of sp³-hybridized carbons (Fsp3) is 0.562. The van der Waals surface area contributed by atoms with Crippen LogP contribution in [0.3, 0.4) is 0 Å². The van der Waals surface area contributed by atoms with E-state index in [1.54, 1.807) is 6.07 Å². The van der Waals surface area contributed by atoms with Gasteiger partial charge in [0.25, 0.3) is 0 Å². The number of ether oxygens (including phenoxy) is 1. The predicted molar refractivity (Wildman–Crippen MR) is 86.1 cm³/mol. The molecule has 0 aromatic heterocycles. The molecule has 1 aromatic rings. The zero-order chi connectivity index (χ0) is 15.2. The first kappa shape index (κ1) is 16.1. The summed E-state index contributed by atoms with van der Waals surface area (Å²) in [5, 5.41) is 6.40. The van der Waals surface area contributed by atoms with E-state index in [0.717, 1.165) is 12.8 Å². The molecule has 0 saturated heterocycles. The van der Waals surface area contributed by atoms with Crippen molar-refractivity contribution in [3.8, 4) is 5.75 Å². The van der Waals surface area contributed by atoms with Gasteiger partial charge in [0.1, 0.15) is 5.75 Å². The van der Waals surface area contributed by atoms with Crippen LogP contribution in [0.1, 0.15) is 32.6 Å². The highest BCUT2D eigenvalue weighted by Gasteiger charge is 2.18. The van der Waals surface area contributed by atoms with E-state index < -0.39 is 0 Å². The molecule has 0 heterocycles. The highest BCUT2D eigenvalue weighted by molar-refractivity contribution is 6.32. The first-order valence-electron chi connectivity index (χ1n) is 7.52. The third-order valence-electron chi connectivity index (χ3n) is 3.75. The quantitative estimate of drug-likeness (QED) is 0.846. The van der Waals surface area contributed by atoms with Gasteiger partial charge in [0, 0.05) is 18.2 Å². The first-order chi connectivity index (χ1) is 10.1. The van der Waals surface area contributed by atoms with Crippen LogP contribution in [0.5, 0.6) is 5.75 Å². The number of amides is 1. The Morgan fingerprint density at radius 1 is 1.43 bits per heavy atom. The van der Waals surface area contributed by atoms with E-state index in [4.69, 9.17) is 16.3 Å². The minimum atomic E-state index is -0.0943. The van der Waals surface area contributed by atoms with E-state index >= 15 is 0 Å². The topological polar surface area (TPSA) is 50.4 Å². The van der Waals surface area contributed by atoms with Crippen molar-refractivity contribution >= 4 is 23.2 Å². The number of anilines is 1. The zero-order valence-electron chi connectivity index (χ0n) is 12.6. The number of carbonyl (C=O) groups excluding carboxylic acids is 1. The van der Waals surface area contributed by atoms with Gasteiger partial charge in [-0.3, -0.25) is 4.79 Å². The van der Waals surface area contributed by atoms with Crippen molar-refractivity contribution in [2.75, 3.05) is 18.9 Å². The van der Waals surface area contributed by atoms with Crippen molar-refractivity contribution in [1.29, 1.82) is 0 Å². The van der Waals surface area contributed by atoms with Crippen LogP contribution in [0, 0.1) is 5.92 Å². The van der Waals surface area contributed by atoms with Crippen molar-refractivity contribution in [1.82, 2.24) is 5.32 Å². The Kier molecular flexibility index (Phi) is 5.88. The van der Waals surface area contributed by atoms with Crippen molar-refractivity contribution in [2.24, 2.45) is 5.92 Å². The van der Waals surface area contributed by atoms with Gasteiger partial charge in [0.15, 0.2) is 0 Å². The summed E-state index contributed by atoms with van der Waals surface area (Å²) in [6.45, 7) is 2.52. The minimum Gasteiger partial charge on any atom is -0.489 e. The average molecular weight is 311 g/mol. The first-order valence-corrected chi connectivity index (χ1v) is 7.89. The van der Waals surface area contributed by atoms with Crippen LogP contribution in [-0.4, -0.2) is 25.6 Å². The smallest absolute Gasteiger partial charge is 0.228 e. The molecule has 1 saturated carbocycles. The second kappa shape index (κ2) is 7.66. The molecule has 0 bridgehead atoms. The van der Waals surface area contributed by atoms with Gasteiger partial charge < -0.3 is 15.4 Å². The number of hydrogen-bond donors (Lipinski definition) is 2. The van der Waals surface area contributed by atoms with Gasteiger partial charge >= 0.3 is 0 Å². The summed E-state index contributed by atoms with van der Waals surface area (Å²) >= 11 is 6.24. The Hall–Kier alpha value is -1.26. The van der Waals surface area contributed by atoms with Crippen LogP contribution >= 0.6 is 11.6 Å². The second-order valence-corrected chi connectivity index (χ2v) is 6.02. The summed E-state index contributed by atoms with van der Waals surface area (Å²) in [5.41, 5.74) is 0.701. The van der Waals surface area contributed by atoms with Gasteiger partial charge in [-0.1, -0.05) is 18.5 Å². The highest BCUT2D eigenvalue weighted by atomic mass is 35.5. The van der Waals surface area contributed by atoms with Gasteiger partial charge in [0.2, 0.25) is 5.91 Å². The Morgan fingerprint density at radius 3 is 2.76 bits per heavy atom. The highest BCUT2D eigenvalue weighted by Crippen LogP contribution is 2.31. The van der Waals surface area contributed by atoms with Gasteiger partial charge in [-0.25, -0.2) is 0 Å². The molecule has 0 aliphatic heterocycles. The summed E-state index contributed by atoms with van der Waals surface area (Å²) in [7, 11) is 1.83. The van der Waals surface area contributed by atoms with E-state index in [1.165, 1.54) is 12.8 Å². The van der Waals surface area contributed by atoms with Crippen LogP contribution in [0.2, 0.25) is 5.02 Å². The van der Waals surface area contributed by atoms with Crippen LogP contribution < -0.4 is 15.4 Å². The Balaban J connectivity index is 1.96. The maximum atomic E-state index is 12.0. The lowest BCUT2D eigenvalue weighted by Crippen LogP contribution is -2.28. The van der Waals surface area contributed by atoms with Gasteiger partial charge in [-0.15, -0.1) is 0 Å². The molecule has 4 nitrogen and oxygen atoms in total. The average Bonchev–Trinajstić information content (AvgIpc) is 2.95. The SMILES string of the molecule is CNCC(C)C(=O)Nc1ccc(OC2CCCC2)c(Cl)c1. The van der Waals surface area contributed by atoms with Crippen molar-refractivity contribution < 1.29 is 9.53 Å². The summed E-state index contributed by atoms with van der Waals surface area (Å²) in [6.07, 6.45) is 4.91. The van der Waals surface area contributed by atoms with Crippen LogP contribution in [0.25, 0.3) is 0 Å². The molecule has 2 N–H and O–H groups in total. The Morgan fingerprint density at radius 2 is 2.14 bits per heavy atom. The van der Waals surface area contributed by atoms with E-state index in [1.807, 2.05) is 26.1 Å². The molecule has 1 unspecified atom stereocenters. The fourth-order valence-electron chi connectivity index (χ4n) is 2.52. The zero-order valence-corrected chi connectivity index (χ0v) is 13.4. The summed E-state index contributed by atoms with van der Waals surface area (Å²) in [4.78, 5) is 12.0.